The first-order valence-electron chi connectivity index (χ1n) is 5.70. The largest absolute Gasteiger partial charge is 0.289 e. The summed E-state index contributed by atoms with van der Waals surface area (Å²) in [6, 6.07) is 3.47. The van der Waals surface area contributed by atoms with E-state index in [-0.39, 0.29) is 11.9 Å². The minimum atomic E-state index is -0.302. The monoisotopic (exact) mass is 245 g/mol. The Hall–Kier alpha value is -2.24. The number of rotatable bonds is 3. The molecule has 0 bridgehead atoms. The summed E-state index contributed by atoms with van der Waals surface area (Å²) in [5.74, 6) is 0.292. The lowest BCUT2D eigenvalue weighted by Crippen LogP contribution is -2.14. The third-order valence-electron chi connectivity index (χ3n) is 2.53. The fraction of sp³-hybridized carbons (Fsp3) is 0.333. The van der Waals surface area contributed by atoms with Crippen LogP contribution in [0.4, 0.5) is 5.95 Å². The van der Waals surface area contributed by atoms with Crippen LogP contribution in [-0.2, 0) is 7.05 Å². The van der Waals surface area contributed by atoms with Crippen molar-refractivity contribution in [2.45, 2.75) is 19.8 Å². The lowest BCUT2D eigenvalue weighted by atomic mass is 10.1. The van der Waals surface area contributed by atoms with E-state index in [1.807, 2.05) is 7.05 Å². The second-order valence-electron chi connectivity index (χ2n) is 4.26. The van der Waals surface area contributed by atoms with Gasteiger partial charge in [-0.05, 0) is 18.1 Å². The van der Waals surface area contributed by atoms with Crippen LogP contribution in [0.5, 0.6) is 0 Å². The van der Waals surface area contributed by atoms with Crippen molar-refractivity contribution in [1.29, 1.82) is 0 Å². The molecule has 6 heteroatoms. The maximum Gasteiger partial charge on any atom is 0.278 e. The van der Waals surface area contributed by atoms with E-state index in [2.05, 4.69) is 34.2 Å². The van der Waals surface area contributed by atoms with E-state index in [0.717, 1.165) is 5.69 Å². The van der Waals surface area contributed by atoms with Gasteiger partial charge in [-0.2, -0.15) is 5.10 Å². The molecular weight excluding hydrogens is 230 g/mol. The molecule has 0 aromatic carbocycles. The summed E-state index contributed by atoms with van der Waals surface area (Å²) in [5, 5.41) is 6.78. The van der Waals surface area contributed by atoms with E-state index < -0.39 is 0 Å². The maximum atomic E-state index is 11.9. The fourth-order valence-electron chi connectivity index (χ4n) is 1.66. The number of aryl methyl sites for hydroxylation is 1. The predicted molar refractivity (Wildman–Crippen MR) is 67.3 cm³/mol. The Balaban J connectivity index is 2.17. The van der Waals surface area contributed by atoms with Crippen molar-refractivity contribution in [2.75, 3.05) is 5.32 Å². The zero-order valence-corrected chi connectivity index (χ0v) is 10.6. The molecule has 1 N–H and O–H groups in total. The molecule has 0 spiro atoms. The molecule has 18 heavy (non-hydrogen) atoms. The van der Waals surface area contributed by atoms with E-state index in [4.69, 9.17) is 0 Å². The standard InChI is InChI=1S/C12H15N5O/c1-8(2)10-7-9(16-17(10)3)11(18)15-12-13-5-4-6-14-12/h4-8H,1-3H3,(H,13,14,15,18). The number of nitrogens with zero attached hydrogens (tertiary/aromatic N) is 4. The van der Waals surface area contributed by atoms with Gasteiger partial charge in [0.2, 0.25) is 5.95 Å². The molecule has 0 saturated carbocycles. The summed E-state index contributed by atoms with van der Waals surface area (Å²) in [6.07, 6.45) is 3.14. The lowest BCUT2D eigenvalue weighted by molar-refractivity contribution is 0.102. The van der Waals surface area contributed by atoms with E-state index >= 15 is 0 Å². The molecule has 0 aliphatic rings. The number of amides is 1. The first-order valence-corrected chi connectivity index (χ1v) is 5.70. The maximum absolute atomic E-state index is 11.9. The van der Waals surface area contributed by atoms with E-state index in [0.29, 0.717) is 11.6 Å². The second kappa shape index (κ2) is 4.95. The van der Waals surface area contributed by atoms with Crippen molar-refractivity contribution in [3.63, 3.8) is 0 Å². The summed E-state index contributed by atoms with van der Waals surface area (Å²) >= 11 is 0. The highest BCUT2D eigenvalue weighted by atomic mass is 16.2. The Morgan fingerprint density at radius 1 is 1.33 bits per heavy atom. The number of hydrogen-bond acceptors (Lipinski definition) is 4. The van der Waals surface area contributed by atoms with Gasteiger partial charge in [0.25, 0.3) is 5.91 Å². The number of hydrogen-bond donors (Lipinski definition) is 1. The van der Waals surface area contributed by atoms with E-state index in [1.54, 1.807) is 29.2 Å². The number of carbonyl (C=O) groups excluding carboxylic acids is 1. The second-order valence-corrected chi connectivity index (χ2v) is 4.26. The van der Waals surface area contributed by atoms with Crippen LogP contribution < -0.4 is 5.32 Å². The quantitative estimate of drug-likeness (QED) is 0.891. The van der Waals surface area contributed by atoms with Gasteiger partial charge in [-0.25, -0.2) is 9.97 Å². The van der Waals surface area contributed by atoms with Gasteiger partial charge in [0.15, 0.2) is 5.69 Å². The van der Waals surface area contributed by atoms with Crippen LogP contribution in [0.1, 0.15) is 35.9 Å². The first-order chi connectivity index (χ1) is 8.58. The van der Waals surface area contributed by atoms with Crippen molar-refractivity contribution in [3.05, 3.63) is 35.9 Å². The minimum absolute atomic E-state index is 0.277. The lowest BCUT2D eigenvalue weighted by Gasteiger charge is -2.02. The summed E-state index contributed by atoms with van der Waals surface area (Å²) < 4.78 is 1.71. The molecule has 0 radical (unpaired) electrons. The number of anilines is 1. The Labute approximate surface area is 105 Å². The molecule has 2 rings (SSSR count). The fourth-order valence-corrected chi connectivity index (χ4v) is 1.66. The van der Waals surface area contributed by atoms with Crippen molar-refractivity contribution < 1.29 is 4.79 Å². The zero-order chi connectivity index (χ0) is 13.1. The Bertz CT molecular complexity index is 547. The Morgan fingerprint density at radius 2 is 2.00 bits per heavy atom. The zero-order valence-electron chi connectivity index (χ0n) is 10.6. The molecule has 0 fully saturated rings. The molecule has 2 aromatic heterocycles. The van der Waals surface area contributed by atoms with Gasteiger partial charge in [0.1, 0.15) is 0 Å². The summed E-state index contributed by atoms with van der Waals surface area (Å²) in [5.41, 5.74) is 1.38. The summed E-state index contributed by atoms with van der Waals surface area (Å²) in [7, 11) is 1.82. The number of carbonyl (C=O) groups is 1. The molecular formula is C12H15N5O. The molecule has 94 valence electrons. The van der Waals surface area contributed by atoms with Crippen LogP contribution in [0.2, 0.25) is 0 Å². The van der Waals surface area contributed by atoms with Crippen molar-refractivity contribution in [1.82, 2.24) is 19.7 Å². The van der Waals surface area contributed by atoms with Gasteiger partial charge in [0.05, 0.1) is 0 Å². The Kier molecular flexibility index (Phi) is 3.36. The molecule has 0 unspecified atom stereocenters. The van der Waals surface area contributed by atoms with Crippen LogP contribution in [-0.4, -0.2) is 25.7 Å². The highest BCUT2D eigenvalue weighted by molar-refractivity contribution is 6.01. The minimum Gasteiger partial charge on any atom is -0.289 e. The van der Waals surface area contributed by atoms with Crippen LogP contribution in [0.3, 0.4) is 0 Å². The van der Waals surface area contributed by atoms with Gasteiger partial charge >= 0.3 is 0 Å². The van der Waals surface area contributed by atoms with Crippen LogP contribution in [0, 0.1) is 0 Å². The SMILES string of the molecule is CC(C)c1cc(C(=O)Nc2ncccn2)nn1C. The number of aromatic nitrogens is 4. The van der Waals surface area contributed by atoms with Gasteiger partial charge in [0, 0.05) is 25.1 Å². The molecule has 2 aromatic rings. The molecule has 6 nitrogen and oxygen atoms in total. The van der Waals surface area contributed by atoms with E-state index in [9.17, 15) is 4.79 Å². The number of nitrogens with one attached hydrogen (secondary N) is 1. The van der Waals surface area contributed by atoms with Crippen LogP contribution in [0.15, 0.2) is 24.5 Å². The molecule has 1 amide bonds. The third-order valence-corrected chi connectivity index (χ3v) is 2.53. The summed E-state index contributed by atoms with van der Waals surface area (Å²) in [4.78, 5) is 19.8. The first kappa shape index (κ1) is 12.2. The molecule has 0 aliphatic carbocycles. The van der Waals surface area contributed by atoms with Crippen molar-refractivity contribution in [3.8, 4) is 0 Å². The van der Waals surface area contributed by atoms with Gasteiger partial charge in [-0.3, -0.25) is 14.8 Å². The van der Waals surface area contributed by atoms with Crippen LogP contribution >= 0.6 is 0 Å². The molecule has 0 atom stereocenters. The average molecular weight is 245 g/mol. The normalized spacial score (nSPS) is 10.7. The van der Waals surface area contributed by atoms with E-state index in [1.165, 1.54) is 0 Å². The molecule has 0 saturated heterocycles. The highest BCUT2D eigenvalue weighted by Crippen LogP contribution is 2.15. The van der Waals surface area contributed by atoms with Crippen molar-refractivity contribution in [2.24, 2.45) is 7.05 Å². The van der Waals surface area contributed by atoms with Gasteiger partial charge in [-0.15, -0.1) is 0 Å². The van der Waals surface area contributed by atoms with Crippen molar-refractivity contribution >= 4 is 11.9 Å². The molecule has 0 aliphatic heterocycles. The summed E-state index contributed by atoms with van der Waals surface area (Å²) in [6.45, 7) is 4.11. The van der Waals surface area contributed by atoms with Crippen LogP contribution in [0.25, 0.3) is 0 Å². The van der Waals surface area contributed by atoms with Gasteiger partial charge in [-0.1, -0.05) is 13.8 Å². The smallest absolute Gasteiger partial charge is 0.278 e. The average Bonchev–Trinajstić information content (AvgIpc) is 2.73. The topological polar surface area (TPSA) is 72.7 Å². The molecule has 2 heterocycles. The predicted octanol–water partition coefficient (Wildman–Crippen LogP) is 1.59. The highest BCUT2D eigenvalue weighted by Gasteiger charge is 2.15. The Morgan fingerprint density at radius 3 is 2.56 bits per heavy atom. The van der Waals surface area contributed by atoms with Gasteiger partial charge < -0.3 is 0 Å². The third kappa shape index (κ3) is 2.53.